The molecule has 0 saturated heterocycles. The lowest BCUT2D eigenvalue weighted by Gasteiger charge is -2.33. The van der Waals surface area contributed by atoms with Crippen molar-refractivity contribution in [1.82, 2.24) is 10.6 Å². The number of amides is 2. The second-order valence-electron chi connectivity index (χ2n) is 7.69. The van der Waals surface area contributed by atoms with Crippen molar-refractivity contribution in [2.45, 2.75) is 45.4 Å². The summed E-state index contributed by atoms with van der Waals surface area (Å²) in [5, 5.41) is 6.04. The van der Waals surface area contributed by atoms with Crippen LogP contribution in [0.3, 0.4) is 0 Å². The summed E-state index contributed by atoms with van der Waals surface area (Å²) in [7, 11) is 0. The fourth-order valence-electron chi connectivity index (χ4n) is 4.49. The number of halogens is 1. The maximum Gasteiger partial charge on any atom is 0.251 e. The van der Waals surface area contributed by atoms with Gasteiger partial charge in [0, 0.05) is 18.7 Å². The highest BCUT2D eigenvalue weighted by molar-refractivity contribution is 5.95. The fraction of sp³-hybridized carbons (Fsp3) is 0.417. The zero-order valence-electron chi connectivity index (χ0n) is 17.9. The molecule has 2 amide bonds. The lowest BCUT2D eigenvalue weighted by atomic mass is 9.70. The monoisotopic (exact) mass is 411 g/mol. The largest absolute Gasteiger partial charge is 0.369 e. The molecule has 0 saturated carbocycles. The Bertz CT molecular complexity index is 956. The Morgan fingerprint density at radius 3 is 2.43 bits per heavy atom. The van der Waals surface area contributed by atoms with E-state index < -0.39 is 11.3 Å². The van der Waals surface area contributed by atoms with Crippen LogP contribution in [0.4, 0.5) is 4.39 Å². The van der Waals surface area contributed by atoms with Crippen LogP contribution in [-0.2, 0) is 29.5 Å². The van der Waals surface area contributed by atoms with E-state index in [4.69, 9.17) is 5.73 Å². The number of nitrogens with one attached hydrogen (secondary N) is 2. The molecule has 4 N–H and O–H groups in total. The van der Waals surface area contributed by atoms with Gasteiger partial charge in [-0.3, -0.25) is 9.59 Å². The van der Waals surface area contributed by atoms with Gasteiger partial charge in [0.05, 0.1) is 0 Å². The molecule has 2 aromatic carbocycles. The summed E-state index contributed by atoms with van der Waals surface area (Å²) in [6, 6.07) is 8.85. The quantitative estimate of drug-likeness (QED) is 0.683. The summed E-state index contributed by atoms with van der Waals surface area (Å²) in [6.07, 6.45) is 1.76. The van der Waals surface area contributed by atoms with E-state index in [1.54, 1.807) is 24.3 Å². The second-order valence-corrected chi connectivity index (χ2v) is 7.69. The van der Waals surface area contributed by atoms with Crippen LogP contribution in [-0.4, -0.2) is 31.4 Å². The van der Waals surface area contributed by atoms with Crippen LogP contribution in [0.15, 0.2) is 30.3 Å². The zero-order valence-corrected chi connectivity index (χ0v) is 17.9. The molecule has 0 fully saturated rings. The Kier molecular flexibility index (Phi) is 6.56. The molecular formula is C24H30FN3O2. The van der Waals surface area contributed by atoms with Gasteiger partial charge in [0.15, 0.2) is 0 Å². The standard InChI is InChI=1S/C24H30FN3O2/c1-4-15-13-20-19(21(25)18(15)5-2)11-12-27-14-24(20,23(26)30)17-9-7-16(8-10-17)22(29)28-6-3/h7-10,13,27H,4-6,11-12,14H2,1-3H3,(H2,26,30)(H,28,29)/t24-/m1/s1. The molecule has 0 aromatic heterocycles. The van der Waals surface area contributed by atoms with Gasteiger partial charge in [0.2, 0.25) is 5.91 Å². The van der Waals surface area contributed by atoms with Crippen LogP contribution in [0.5, 0.6) is 0 Å². The summed E-state index contributed by atoms with van der Waals surface area (Å²) in [6.45, 7) is 7.16. The van der Waals surface area contributed by atoms with Crippen LogP contribution in [0, 0.1) is 5.82 Å². The van der Waals surface area contributed by atoms with Crippen LogP contribution >= 0.6 is 0 Å². The van der Waals surface area contributed by atoms with Crippen LogP contribution in [0.1, 0.15) is 58.9 Å². The van der Waals surface area contributed by atoms with Gasteiger partial charge in [0.1, 0.15) is 11.2 Å². The molecule has 0 radical (unpaired) electrons. The number of primary amides is 1. The Labute approximate surface area is 177 Å². The van der Waals surface area contributed by atoms with Gasteiger partial charge in [-0.1, -0.05) is 32.0 Å². The summed E-state index contributed by atoms with van der Waals surface area (Å²) in [5.41, 5.74) is 8.76. The molecule has 1 heterocycles. The third-order valence-corrected chi connectivity index (χ3v) is 6.10. The Morgan fingerprint density at radius 2 is 1.87 bits per heavy atom. The van der Waals surface area contributed by atoms with Crippen molar-refractivity contribution in [1.29, 1.82) is 0 Å². The van der Waals surface area contributed by atoms with Crippen molar-refractivity contribution in [2.24, 2.45) is 5.73 Å². The van der Waals surface area contributed by atoms with Crippen molar-refractivity contribution in [2.75, 3.05) is 19.6 Å². The van der Waals surface area contributed by atoms with Gasteiger partial charge in [-0.15, -0.1) is 0 Å². The van der Waals surface area contributed by atoms with E-state index in [0.717, 1.165) is 5.56 Å². The molecule has 0 bridgehead atoms. The summed E-state index contributed by atoms with van der Waals surface area (Å²) in [4.78, 5) is 25.1. The predicted molar refractivity (Wildman–Crippen MR) is 116 cm³/mol. The zero-order chi connectivity index (χ0) is 21.9. The number of nitrogens with two attached hydrogens (primary N) is 1. The average molecular weight is 412 g/mol. The van der Waals surface area contributed by atoms with E-state index in [2.05, 4.69) is 10.6 Å². The molecule has 3 rings (SSSR count). The van der Waals surface area contributed by atoms with Crippen molar-refractivity contribution < 1.29 is 14.0 Å². The first-order chi connectivity index (χ1) is 14.4. The molecular weight excluding hydrogens is 381 g/mol. The Morgan fingerprint density at radius 1 is 1.17 bits per heavy atom. The minimum atomic E-state index is -1.21. The van der Waals surface area contributed by atoms with Gasteiger partial charge in [-0.05, 0) is 72.7 Å². The number of rotatable bonds is 6. The molecule has 6 heteroatoms. The number of aryl methyl sites for hydroxylation is 1. The van der Waals surface area contributed by atoms with Crippen molar-refractivity contribution in [3.8, 4) is 0 Å². The van der Waals surface area contributed by atoms with Gasteiger partial charge >= 0.3 is 0 Å². The maximum absolute atomic E-state index is 15.5. The minimum Gasteiger partial charge on any atom is -0.369 e. The fourth-order valence-corrected chi connectivity index (χ4v) is 4.49. The number of carbonyl (C=O) groups excluding carboxylic acids is 2. The molecule has 1 atom stereocenters. The lowest BCUT2D eigenvalue weighted by Crippen LogP contribution is -2.49. The highest BCUT2D eigenvalue weighted by Gasteiger charge is 2.44. The summed E-state index contributed by atoms with van der Waals surface area (Å²) in [5.74, 6) is -0.932. The van der Waals surface area contributed by atoms with Crippen molar-refractivity contribution in [3.63, 3.8) is 0 Å². The minimum absolute atomic E-state index is 0.177. The Balaban J connectivity index is 2.24. The normalized spacial score (nSPS) is 18.4. The summed E-state index contributed by atoms with van der Waals surface area (Å²) < 4.78 is 15.5. The van der Waals surface area contributed by atoms with Crippen LogP contribution < -0.4 is 16.4 Å². The highest BCUT2D eigenvalue weighted by Crippen LogP contribution is 2.39. The first-order valence-electron chi connectivity index (χ1n) is 10.6. The number of benzene rings is 2. The second kappa shape index (κ2) is 8.96. The van der Waals surface area contributed by atoms with Gasteiger partial charge < -0.3 is 16.4 Å². The topological polar surface area (TPSA) is 84.2 Å². The molecule has 1 aliphatic heterocycles. The molecule has 0 spiro atoms. The molecule has 0 aliphatic carbocycles. The Hall–Kier alpha value is -2.73. The predicted octanol–water partition coefficient (Wildman–Crippen LogP) is 2.62. The van der Waals surface area contributed by atoms with E-state index in [-0.39, 0.29) is 18.3 Å². The number of hydrogen-bond acceptors (Lipinski definition) is 3. The van der Waals surface area contributed by atoms with Crippen LogP contribution in [0.2, 0.25) is 0 Å². The molecule has 30 heavy (non-hydrogen) atoms. The first-order valence-corrected chi connectivity index (χ1v) is 10.6. The molecule has 160 valence electrons. The van der Waals surface area contributed by atoms with Crippen molar-refractivity contribution >= 4 is 11.8 Å². The number of carbonyl (C=O) groups is 2. The summed E-state index contributed by atoms with van der Waals surface area (Å²) >= 11 is 0. The van der Waals surface area contributed by atoms with E-state index in [1.165, 1.54) is 0 Å². The van der Waals surface area contributed by atoms with Gasteiger partial charge in [-0.25, -0.2) is 4.39 Å². The van der Waals surface area contributed by atoms with Gasteiger partial charge in [0.25, 0.3) is 5.91 Å². The highest BCUT2D eigenvalue weighted by atomic mass is 19.1. The molecule has 5 nitrogen and oxygen atoms in total. The molecule has 2 aromatic rings. The van der Waals surface area contributed by atoms with E-state index in [9.17, 15) is 9.59 Å². The SMILES string of the molecule is CCNC(=O)c1ccc([C@]2(C(N)=O)CNCCc3c2cc(CC)c(CC)c3F)cc1. The number of fused-ring (bicyclic) bond motifs is 1. The van der Waals surface area contributed by atoms with Crippen molar-refractivity contribution in [3.05, 3.63) is 69.5 Å². The van der Waals surface area contributed by atoms with Crippen LogP contribution in [0.25, 0.3) is 0 Å². The van der Waals surface area contributed by atoms with E-state index in [0.29, 0.717) is 60.2 Å². The molecule has 0 unspecified atom stereocenters. The lowest BCUT2D eigenvalue weighted by molar-refractivity contribution is -0.122. The first kappa shape index (κ1) is 22.0. The average Bonchev–Trinajstić information content (AvgIpc) is 2.94. The van der Waals surface area contributed by atoms with E-state index >= 15 is 4.39 Å². The number of hydrogen-bond donors (Lipinski definition) is 3. The third kappa shape index (κ3) is 3.60. The van der Waals surface area contributed by atoms with E-state index in [1.807, 2.05) is 26.8 Å². The van der Waals surface area contributed by atoms with Gasteiger partial charge in [-0.2, -0.15) is 0 Å². The molecule has 1 aliphatic rings. The third-order valence-electron chi connectivity index (χ3n) is 6.10. The smallest absolute Gasteiger partial charge is 0.251 e. The maximum atomic E-state index is 15.5.